The lowest BCUT2D eigenvalue weighted by Crippen LogP contribution is -2.04. The van der Waals surface area contributed by atoms with E-state index in [-0.39, 0.29) is 15.8 Å². The van der Waals surface area contributed by atoms with Crippen LogP contribution in [-0.4, -0.2) is 5.11 Å². The van der Waals surface area contributed by atoms with Gasteiger partial charge in [0.05, 0.1) is 10.0 Å². The van der Waals surface area contributed by atoms with Gasteiger partial charge in [0, 0.05) is 32.9 Å². The first kappa shape index (κ1) is 20.2. The summed E-state index contributed by atoms with van der Waals surface area (Å²) in [6.45, 7) is 0.847. The van der Waals surface area contributed by atoms with Crippen molar-refractivity contribution >= 4 is 56.4 Å². The second-order valence-electron chi connectivity index (χ2n) is 5.77. The summed E-state index contributed by atoms with van der Waals surface area (Å²) in [5.74, 6) is 0.608. The first-order valence-electron chi connectivity index (χ1n) is 8.00. The minimum atomic E-state index is -0.130. The van der Waals surface area contributed by atoms with Crippen LogP contribution in [0.15, 0.2) is 59.1 Å². The molecule has 0 amide bonds. The highest BCUT2D eigenvalue weighted by atomic mass is 79.9. The second-order valence-corrected chi connectivity index (χ2v) is 7.91. The molecule has 0 radical (unpaired) electrons. The summed E-state index contributed by atoms with van der Waals surface area (Å²) in [6, 6.07) is 16.6. The maximum atomic E-state index is 9.67. The highest BCUT2D eigenvalue weighted by molar-refractivity contribution is 9.10. The van der Waals surface area contributed by atoms with Gasteiger partial charge in [-0.1, -0.05) is 68.9 Å². The lowest BCUT2D eigenvalue weighted by molar-refractivity contribution is 0.303. The number of anilines is 1. The van der Waals surface area contributed by atoms with E-state index in [1.807, 2.05) is 42.5 Å². The van der Waals surface area contributed by atoms with Crippen LogP contribution in [-0.2, 0) is 13.2 Å². The van der Waals surface area contributed by atoms with Gasteiger partial charge in [-0.3, -0.25) is 0 Å². The summed E-state index contributed by atoms with van der Waals surface area (Å²) in [5.41, 5.74) is 2.55. The summed E-state index contributed by atoms with van der Waals surface area (Å²) in [4.78, 5) is 0. The molecule has 3 aromatic carbocycles. The SMILES string of the molecule is Oc1c(Cl)cc(NCc2cc(Br)ccc2OCc2ccccc2Cl)cc1Cl. The van der Waals surface area contributed by atoms with Crippen LogP contribution in [0.25, 0.3) is 0 Å². The molecule has 0 aliphatic rings. The van der Waals surface area contributed by atoms with E-state index < -0.39 is 0 Å². The molecule has 3 aromatic rings. The Hall–Kier alpha value is -1.59. The molecule has 0 unspecified atom stereocenters. The Morgan fingerprint density at radius 3 is 2.30 bits per heavy atom. The van der Waals surface area contributed by atoms with Gasteiger partial charge in [-0.15, -0.1) is 0 Å². The fourth-order valence-corrected chi connectivity index (χ4v) is 3.55. The molecule has 3 nitrogen and oxygen atoms in total. The average Bonchev–Trinajstić information content (AvgIpc) is 2.64. The molecule has 0 bridgehead atoms. The van der Waals surface area contributed by atoms with Crippen molar-refractivity contribution in [3.05, 3.63) is 85.3 Å². The third kappa shape index (κ3) is 5.23. The number of benzene rings is 3. The Morgan fingerprint density at radius 1 is 0.889 bits per heavy atom. The summed E-state index contributed by atoms with van der Waals surface area (Å²) >= 11 is 21.6. The van der Waals surface area contributed by atoms with Gasteiger partial charge >= 0.3 is 0 Å². The van der Waals surface area contributed by atoms with E-state index in [1.54, 1.807) is 12.1 Å². The Labute approximate surface area is 181 Å². The topological polar surface area (TPSA) is 41.5 Å². The van der Waals surface area contributed by atoms with Crippen LogP contribution in [0.4, 0.5) is 5.69 Å². The summed E-state index contributed by atoms with van der Waals surface area (Å²) in [5, 5.41) is 14.0. The zero-order valence-electron chi connectivity index (χ0n) is 14.0. The number of ether oxygens (including phenoxy) is 1. The van der Waals surface area contributed by atoms with Crippen LogP contribution in [0, 0.1) is 0 Å². The maximum absolute atomic E-state index is 9.67. The highest BCUT2D eigenvalue weighted by Crippen LogP contribution is 2.35. The van der Waals surface area contributed by atoms with E-state index in [2.05, 4.69) is 21.2 Å². The van der Waals surface area contributed by atoms with Gasteiger partial charge in [-0.2, -0.15) is 0 Å². The van der Waals surface area contributed by atoms with Crippen molar-refractivity contribution in [1.29, 1.82) is 0 Å². The van der Waals surface area contributed by atoms with E-state index in [0.717, 1.165) is 21.3 Å². The quantitative estimate of drug-likeness (QED) is 0.358. The normalized spacial score (nSPS) is 10.7. The predicted octanol–water partition coefficient (Wildman–Crippen LogP) is 7.31. The first-order valence-corrected chi connectivity index (χ1v) is 9.93. The van der Waals surface area contributed by atoms with Crippen LogP contribution >= 0.6 is 50.7 Å². The molecule has 2 N–H and O–H groups in total. The minimum Gasteiger partial charge on any atom is -0.505 e. The molecule has 0 saturated carbocycles. The van der Waals surface area contributed by atoms with Gasteiger partial charge in [0.1, 0.15) is 12.4 Å². The van der Waals surface area contributed by atoms with Crippen molar-refractivity contribution < 1.29 is 9.84 Å². The number of phenols is 1. The third-order valence-electron chi connectivity index (χ3n) is 3.86. The Bertz CT molecular complexity index is 943. The van der Waals surface area contributed by atoms with Gasteiger partial charge in [-0.05, 0) is 36.4 Å². The van der Waals surface area contributed by atoms with Crippen molar-refractivity contribution in [2.45, 2.75) is 13.2 Å². The van der Waals surface area contributed by atoms with E-state index in [4.69, 9.17) is 39.5 Å². The van der Waals surface area contributed by atoms with Crippen molar-refractivity contribution in [2.75, 3.05) is 5.32 Å². The minimum absolute atomic E-state index is 0.130. The van der Waals surface area contributed by atoms with Crippen LogP contribution < -0.4 is 10.1 Å². The van der Waals surface area contributed by atoms with E-state index in [1.165, 1.54) is 0 Å². The third-order valence-corrected chi connectivity index (χ3v) is 5.30. The highest BCUT2D eigenvalue weighted by Gasteiger charge is 2.09. The molecule has 3 rings (SSSR count). The van der Waals surface area contributed by atoms with Gasteiger partial charge < -0.3 is 15.2 Å². The van der Waals surface area contributed by atoms with E-state index >= 15 is 0 Å². The fraction of sp³-hybridized carbons (Fsp3) is 0.100. The first-order chi connectivity index (χ1) is 12.9. The Morgan fingerprint density at radius 2 is 1.59 bits per heavy atom. The van der Waals surface area contributed by atoms with Gasteiger partial charge in [0.15, 0.2) is 5.75 Å². The van der Waals surface area contributed by atoms with Crippen molar-refractivity contribution in [2.24, 2.45) is 0 Å². The molecule has 0 atom stereocenters. The molecule has 0 spiro atoms. The summed E-state index contributed by atoms with van der Waals surface area (Å²) in [7, 11) is 0. The summed E-state index contributed by atoms with van der Waals surface area (Å²) in [6.07, 6.45) is 0. The number of hydrogen-bond donors (Lipinski definition) is 2. The predicted molar refractivity (Wildman–Crippen MR) is 115 cm³/mol. The molecule has 0 aliphatic heterocycles. The average molecular weight is 488 g/mol. The fourth-order valence-electron chi connectivity index (χ4n) is 2.46. The van der Waals surface area contributed by atoms with E-state index in [0.29, 0.717) is 23.9 Å². The lowest BCUT2D eigenvalue weighted by atomic mass is 10.2. The van der Waals surface area contributed by atoms with E-state index in [9.17, 15) is 5.11 Å². The summed E-state index contributed by atoms with van der Waals surface area (Å²) < 4.78 is 6.91. The van der Waals surface area contributed by atoms with Crippen LogP contribution in [0.3, 0.4) is 0 Å². The molecule has 140 valence electrons. The van der Waals surface area contributed by atoms with Crippen LogP contribution in [0.5, 0.6) is 11.5 Å². The zero-order valence-corrected chi connectivity index (χ0v) is 17.8. The molecule has 0 aliphatic carbocycles. The number of halogens is 4. The van der Waals surface area contributed by atoms with Crippen LogP contribution in [0.1, 0.15) is 11.1 Å². The monoisotopic (exact) mass is 485 g/mol. The van der Waals surface area contributed by atoms with Crippen molar-refractivity contribution in [3.8, 4) is 11.5 Å². The number of phenolic OH excluding ortho intramolecular Hbond substituents is 1. The van der Waals surface area contributed by atoms with Gasteiger partial charge in [0.2, 0.25) is 0 Å². The lowest BCUT2D eigenvalue weighted by Gasteiger charge is -2.15. The van der Waals surface area contributed by atoms with Crippen molar-refractivity contribution in [3.63, 3.8) is 0 Å². The van der Waals surface area contributed by atoms with Gasteiger partial charge in [-0.25, -0.2) is 0 Å². The number of rotatable bonds is 6. The maximum Gasteiger partial charge on any atom is 0.152 e. The molecule has 0 saturated heterocycles. The number of hydrogen-bond acceptors (Lipinski definition) is 3. The van der Waals surface area contributed by atoms with Gasteiger partial charge in [0.25, 0.3) is 0 Å². The zero-order chi connectivity index (χ0) is 19.4. The molecular formula is C20H15BrCl3NO2. The molecule has 0 fully saturated rings. The molecule has 0 aromatic heterocycles. The standard InChI is InChI=1S/C20H15BrCl3NO2/c21-14-5-6-19(27-11-12-3-1-2-4-16(12)22)13(7-14)10-25-15-8-17(23)20(26)18(24)9-15/h1-9,25-26H,10-11H2. The molecular weight excluding hydrogens is 472 g/mol. The Balaban J connectivity index is 1.75. The number of nitrogens with one attached hydrogen (secondary N) is 1. The Kier molecular flexibility index (Phi) is 6.77. The molecule has 27 heavy (non-hydrogen) atoms. The van der Waals surface area contributed by atoms with Crippen molar-refractivity contribution in [1.82, 2.24) is 0 Å². The van der Waals surface area contributed by atoms with Crippen LogP contribution in [0.2, 0.25) is 15.1 Å². The largest absolute Gasteiger partial charge is 0.505 e. The molecule has 0 heterocycles. The number of aromatic hydroxyl groups is 1. The molecule has 7 heteroatoms. The smallest absolute Gasteiger partial charge is 0.152 e. The second kappa shape index (κ2) is 9.07.